The summed E-state index contributed by atoms with van der Waals surface area (Å²) in [7, 11) is 0. The molecular weight excluding hydrogens is 217 g/mol. The third-order valence-corrected chi connectivity index (χ3v) is 3.02. The first-order valence-corrected chi connectivity index (χ1v) is 5.50. The highest BCUT2D eigenvalue weighted by atomic mass is 32.1. The Balaban J connectivity index is 2.67. The normalized spacial score (nSPS) is 14.7. The van der Waals surface area contributed by atoms with E-state index in [2.05, 4.69) is 4.74 Å². The van der Waals surface area contributed by atoms with E-state index in [0.29, 0.717) is 4.88 Å². The molecule has 1 unspecified atom stereocenters. The van der Waals surface area contributed by atoms with Crippen LogP contribution in [0.25, 0.3) is 0 Å². The lowest BCUT2D eigenvalue weighted by Crippen LogP contribution is -2.30. The lowest BCUT2D eigenvalue weighted by molar-refractivity contribution is -0.149. The number of carbonyl (C=O) groups excluding carboxylic acids is 1. The van der Waals surface area contributed by atoms with E-state index in [1.807, 2.05) is 13.0 Å². The van der Waals surface area contributed by atoms with Crippen LogP contribution in [0.5, 0.6) is 0 Å². The van der Waals surface area contributed by atoms with Gasteiger partial charge in [-0.2, -0.15) is 0 Å². The minimum Gasteiger partial charge on any atom is -0.464 e. The Bertz CT molecular complexity index is 340. The number of aryl methyl sites for hydroxylation is 1. The number of esters is 1. The average Bonchev–Trinajstić information content (AvgIpc) is 2.63. The van der Waals surface area contributed by atoms with Crippen molar-refractivity contribution in [2.24, 2.45) is 5.73 Å². The molecule has 1 aromatic rings. The van der Waals surface area contributed by atoms with Gasteiger partial charge in [0.1, 0.15) is 0 Å². The van der Waals surface area contributed by atoms with Crippen molar-refractivity contribution in [3.05, 3.63) is 21.9 Å². The van der Waals surface area contributed by atoms with Gasteiger partial charge >= 0.3 is 5.97 Å². The summed E-state index contributed by atoms with van der Waals surface area (Å²) in [5.41, 5.74) is 5.62. The fraction of sp³-hybridized carbons (Fsp3) is 0.500. The van der Waals surface area contributed by atoms with Crippen LogP contribution < -0.4 is 5.73 Å². The summed E-state index contributed by atoms with van der Waals surface area (Å²) in [4.78, 5) is 12.8. The highest BCUT2D eigenvalue weighted by Gasteiger charge is 2.28. The monoisotopic (exact) mass is 231 g/mol. The van der Waals surface area contributed by atoms with Crippen LogP contribution in [0.15, 0.2) is 12.1 Å². The van der Waals surface area contributed by atoms with E-state index in [4.69, 9.17) is 5.73 Å². The lowest BCUT2D eigenvalue weighted by atomic mass is 10.1. The molecule has 0 fully saturated rings. The summed E-state index contributed by atoms with van der Waals surface area (Å²) in [6.07, 6.45) is -1.79. The molecule has 2 atom stereocenters. The molecule has 1 aromatic heterocycles. The van der Waals surface area contributed by atoms with Gasteiger partial charge in [-0.25, -0.2) is 9.18 Å². The van der Waals surface area contributed by atoms with Crippen molar-refractivity contribution in [3.8, 4) is 0 Å². The molecular formula is C10H14FNO2S. The van der Waals surface area contributed by atoms with Crippen LogP contribution in [0.3, 0.4) is 0 Å². The summed E-state index contributed by atoms with van der Waals surface area (Å²) in [5.74, 6) is -0.893. The maximum absolute atomic E-state index is 13.5. The standard InChI is InChI=1S/C10H14FNO2S/c1-3-14-10(13)8(11)9(12)7-5-4-6(2)15-7/h4-5,8-9H,3,12H2,1-2H3/t8?,9-/m0/s1. The van der Waals surface area contributed by atoms with Gasteiger partial charge in [0.15, 0.2) is 0 Å². The first kappa shape index (κ1) is 12.1. The second-order valence-corrected chi connectivity index (χ2v) is 4.45. The molecule has 1 heterocycles. The molecule has 15 heavy (non-hydrogen) atoms. The number of hydrogen-bond donors (Lipinski definition) is 1. The first-order valence-electron chi connectivity index (χ1n) is 4.69. The average molecular weight is 231 g/mol. The maximum Gasteiger partial charge on any atom is 0.342 e. The molecule has 0 aromatic carbocycles. The molecule has 0 saturated carbocycles. The summed E-state index contributed by atoms with van der Waals surface area (Å²) < 4.78 is 18.0. The molecule has 2 N–H and O–H groups in total. The second-order valence-electron chi connectivity index (χ2n) is 3.13. The van der Waals surface area contributed by atoms with E-state index in [9.17, 15) is 9.18 Å². The summed E-state index contributed by atoms with van der Waals surface area (Å²) in [6, 6.07) is 2.65. The number of rotatable bonds is 4. The molecule has 0 aliphatic carbocycles. The Labute approximate surface area is 92.0 Å². The zero-order valence-electron chi connectivity index (χ0n) is 8.70. The van der Waals surface area contributed by atoms with Gasteiger partial charge in [-0.1, -0.05) is 0 Å². The highest BCUT2D eigenvalue weighted by Crippen LogP contribution is 2.25. The fourth-order valence-corrected chi connectivity index (χ4v) is 2.04. The van der Waals surface area contributed by atoms with Crippen molar-refractivity contribution in [3.63, 3.8) is 0 Å². The third-order valence-electron chi connectivity index (χ3n) is 1.92. The number of halogens is 1. The number of thiophene rings is 1. The van der Waals surface area contributed by atoms with Gasteiger partial charge in [0.25, 0.3) is 0 Å². The molecule has 84 valence electrons. The number of ether oxygens (including phenoxy) is 1. The topological polar surface area (TPSA) is 52.3 Å². The zero-order valence-corrected chi connectivity index (χ0v) is 9.51. The van der Waals surface area contributed by atoms with Crippen molar-refractivity contribution in [1.82, 2.24) is 0 Å². The van der Waals surface area contributed by atoms with E-state index in [-0.39, 0.29) is 6.61 Å². The van der Waals surface area contributed by atoms with Crippen molar-refractivity contribution in [2.75, 3.05) is 6.61 Å². The Kier molecular flexibility index (Phi) is 4.23. The van der Waals surface area contributed by atoms with Gasteiger partial charge in [0.05, 0.1) is 12.6 Å². The molecule has 0 aliphatic heterocycles. The van der Waals surface area contributed by atoms with E-state index in [0.717, 1.165) is 4.88 Å². The number of alkyl halides is 1. The molecule has 0 amide bonds. The largest absolute Gasteiger partial charge is 0.464 e. The van der Waals surface area contributed by atoms with Crippen LogP contribution in [-0.4, -0.2) is 18.7 Å². The third kappa shape index (κ3) is 3.00. The molecule has 3 nitrogen and oxygen atoms in total. The van der Waals surface area contributed by atoms with Crippen molar-refractivity contribution in [1.29, 1.82) is 0 Å². The predicted octanol–water partition coefficient (Wildman–Crippen LogP) is 1.96. The van der Waals surface area contributed by atoms with E-state index < -0.39 is 18.2 Å². The summed E-state index contributed by atoms with van der Waals surface area (Å²) in [5, 5.41) is 0. The molecule has 0 bridgehead atoms. The maximum atomic E-state index is 13.5. The lowest BCUT2D eigenvalue weighted by Gasteiger charge is -2.13. The van der Waals surface area contributed by atoms with Crippen LogP contribution in [-0.2, 0) is 9.53 Å². The van der Waals surface area contributed by atoms with Gasteiger partial charge in [0.2, 0.25) is 6.17 Å². The SMILES string of the molecule is CCOC(=O)C(F)[C@@H](N)c1ccc(C)s1. The van der Waals surface area contributed by atoms with Crippen molar-refractivity contribution >= 4 is 17.3 Å². The van der Waals surface area contributed by atoms with Crippen LogP contribution >= 0.6 is 11.3 Å². The van der Waals surface area contributed by atoms with Gasteiger partial charge in [0, 0.05) is 9.75 Å². The van der Waals surface area contributed by atoms with E-state index >= 15 is 0 Å². The number of nitrogens with two attached hydrogens (primary N) is 1. The summed E-state index contributed by atoms with van der Waals surface area (Å²) >= 11 is 1.39. The summed E-state index contributed by atoms with van der Waals surface area (Å²) in [6.45, 7) is 3.69. The van der Waals surface area contributed by atoms with Gasteiger partial charge in [-0.3, -0.25) is 0 Å². The smallest absolute Gasteiger partial charge is 0.342 e. The quantitative estimate of drug-likeness (QED) is 0.806. The van der Waals surface area contributed by atoms with Crippen molar-refractivity contribution in [2.45, 2.75) is 26.1 Å². The Morgan fingerprint density at radius 3 is 2.80 bits per heavy atom. The Hall–Kier alpha value is -0.940. The number of carbonyl (C=O) groups is 1. The second kappa shape index (κ2) is 5.23. The Morgan fingerprint density at radius 1 is 1.67 bits per heavy atom. The molecule has 0 saturated heterocycles. The van der Waals surface area contributed by atoms with Crippen LogP contribution in [0.4, 0.5) is 4.39 Å². The molecule has 0 aliphatic rings. The molecule has 0 radical (unpaired) electrons. The fourth-order valence-electron chi connectivity index (χ4n) is 1.15. The van der Waals surface area contributed by atoms with Crippen LogP contribution in [0.1, 0.15) is 22.7 Å². The van der Waals surface area contributed by atoms with E-state index in [1.54, 1.807) is 13.0 Å². The molecule has 1 rings (SSSR count). The number of hydrogen-bond acceptors (Lipinski definition) is 4. The minimum atomic E-state index is -1.79. The van der Waals surface area contributed by atoms with Crippen LogP contribution in [0.2, 0.25) is 0 Å². The van der Waals surface area contributed by atoms with E-state index in [1.165, 1.54) is 11.3 Å². The minimum absolute atomic E-state index is 0.162. The molecule has 5 heteroatoms. The van der Waals surface area contributed by atoms with Crippen LogP contribution in [0, 0.1) is 6.92 Å². The van der Waals surface area contributed by atoms with Gasteiger partial charge in [-0.05, 0) is 26.0 Å². The van der Waals surface area contributed by atoms with Gasteiger partial charge in [-0.15, -0.1) is 11.3 Å². The molecule has 0 spiro atoms. The van der Waals surface area contributed by atoms with Crippen molar-refractivity contribution < 1.29 is 13.9 Å². The van der Waals surface area contributed by atoms with Gasteiger partial charge < -0.3 is 10.5 Å². The zero-order chi connectivity index (χ0) is 11.4. The Morgan fingerprint density at radius 2 is 2.33 bits per heavy atom. The predicted molar refractivity (Wildman–Crippen MR) is 57.5 cm³/mol. The first-order chi connectivity index (χ1) is 7.06. The highest BCUT2D eigenvalue weighted by molar-refractivity contribution is 7.12.